The first-order valence-electron chi connectivity index (χ1n) is 6.08. The third-order valence-corrected chi connectivity index (χ3v) is 3.50. The zero-order chi connectivity index (χ0) is 15.2. The minimum atomic E-state index is -0.0165. The molecule has 2 rings (SSSR count). The van der Waals surface area contributed by atoms with Crippen molar-refractivity contribution in [1.82, 2.24) is 15.1 Å². The molecule has 8 heteroatoms. The van der Waals surface area contributed by atoms with E-state index in [2.05, 4.69) is 10.2 Å². The van der Waals surface area contributed by atoms with E-state index in [1.807, 2.05) is 0 Å². The van der Waals surface area contributed by atoms with Crippen LogP contribution in [0, 0.1) is 0 Å². The lowest BCUT2D eigenvalue weighted by Crippen LogP contribution is -2.23. The summed E-state index contributed by atoms with van der Waals surface area (Å²) in [4.78, 5) is 12.9. The summed E-state index contributed by atoms with van der Waals surface area (Å²) in [5, 5.41) is 8.70. The van der Waals surface area contributed by atoms with Gasteiger partial charge in [-0.25, -0.2) is 0 Å². The second kappa shape index (κ2) is 7.33. The van der Waals surface area contributed by atoms with Crippen molar-refractivity contribution in [2.45, 2.75) is 11.8 Å². The maximum absolute atomic E-state index is 11.4. The van der Waals surface area contributed by atoms with Gasteiger partial charge in [0, 0.05) is 19.1 Å². The van der Waals surface area contributed by atoms with Crippen molar-refractivity contribution in [3.8, 4) is 5.75 Å². The predicted octanol–water partition coefficient (Wildman–Crippen LogP) is 2.48. The number of thioether (sulfide) groups is 1. The van der Waals surface area contributed by atoms with Gasteiger partial charge in [0.15, 0.2) is 6.61 Å². The molecule has 0 atom stereocenters. The van der Waals surface area contributed by atoms with Gasteiger partial charge in [0.25, 0.3) is 11.1 Å². The Labute approximate surface area is 131 Å². The summed E-state index contributed by atoms with van der Waals surface area (Å²) >= 11 is 6.98. The van der Waals surface area contributed by atoms with Crippen LogP contribution in [-0.2, 0) is 11.4 Å². The molecule has 1 aromatic carbocycles. The molecule has 0 aliphatic heterocycles. The summed E-state index contributed by atoms with van der Waals surface area (Å²) in [7, 11) is 3.39. The highest BCUT2D eigenvalue weighted by Gasteiger charge is 2.11. The molecule has 21 heavy (non-hydrogen) atoms. The van der Waals surface area contributed by atoms with Crippen molar-refractivity contribution >= 4 is 29.3 Å². The van der Waals surface area contributed by atoms with E-state index < -0.39 is 0 Å². The highest BCUT2D eigenvalue weighted by molar-refractivity contribution is 7.99. The summed E-state index contributed by atoms with van der Waals surface area (Å²) in [5.41, 5.74) is 0. The standard InChI is InChI=1S/C13H14ClN3O3S/c1-17(2)12(18)8-21-13-16-15-11(20-13)7-19-10-5-3-9(14)4-6-10/h3-6H,7-8H2,1-2H3. The van der Waals surface area contributed by atoms with Crippen LogP contribution in [0.5, 0.6) is 5.75 Å². The Morgan fingerprint density at radius 1 is 1.33 bits per heavy atom. The van der Waals surface area contributed by atoms with E-state index in [1.165, 1.54) is 16.7 Å². The molecule has 0 unspecified atom stereocenters. The van der Waals surface area contributed by atoms with Gasteiger partial charge in [0.2, 0.25) is 5.91 Å². The predicted molar refractivity (Wildman–Crippen MR) is 79.5 cm³/mol. The second-order valence-corrected chi connectivity index (χ2v) is 5.64. The zero-order valence-corrected chi connectivity index (χ0v) is 13.1. The Morgan fingerprint density at radius 3 is 2.71 bits per heavy atom. The summed E-state index contributed by atoms with van der Waals surface area (Å²) in [6.45, 7) is 0.164. The first-order valence-corrected chi connectivity index (χ1v) is 7.44. The molecule has 0 spiro atoms. The molecule has 0 fully saturated rings. The largest absolute Gasteiger partial charge is 0.484 e. The number of aromatic nitrogens is 2. The fraction of sp³-hybridized carbons (Fsp3) is 0.308. The van der Waals surface area contributed by atoms with E-state index in [9.17, 15) is 4.79 Å². The van der Waals surface area contributed by atoms with E-state index in [-0.39, 0.29) is 18.3 Å². The number of rotatable bonds is 6. The van der Waals surface area contributed by atoms with Crippen LogP contribution in [-0.4, -0.2) is 40.9 Å². The van der Waals surface area contributed by atoms with Gasteiger partial charge in [-0.05, 0) is 24.3 Å². The van der Waals surface area contributed by atoms with Gasteiger partial charge in [0.05, 0.1) is 5.75 Å². The SMILES string of the molecule is CN(C)C(=O)CSc1nnc(COc2ccc(Cl)cc2)o1. The van der Waals surface area contributed by atoms with E-state index in [0.717, 1.165) is 0 Å². The Morgan fingerprint density at radius 2 is 2.05 bits per heavy atom. The lowest BCUT2D eigenvalue weighted by atomic mass is 10.3. The highest BCUT2D eigenvalue weighted by atomic mass is 35.5. The number of benzene rings is 1. The van der Waals surface area contributed by atoms with Gasteiger partial charge in [-0.2, -0.15) is 0 Å². The van der Waals surface area contributed by atoms with E-state index in [1.54, 1.807) is 38.4 Å². The number of hydrogen-bond donors (Lipinski definition) is 0. The molecule has 6 nitrogen and oxygen atoms in total. The maximum Gasteiger partial charge on any atom is 0.277 e. The Balaban J connectivity index is 1.82. The van der Waals surface area contributed by atoms with E-state index in [4.69, 9.17) is 20.8 Å². The van der Waals surface area contributed by atoms with Crippen molar-refractivity contribution in [3.63, 3.8) is 0 Å². The van der Waals surface area contributed by atoms with Gasteiger partial charge in [0.1, 0.15) is 5.75 Å². The molecule has 0 aliphatic rings. The molecule has 1 amide bonds. The number of hydrogen-bond acceptors (Lipinski definition) is 6. The molecular formula is C13H14ClN3O3S. The molecule has 2 aromatic rings. The monoisotopic (exact) mass is 327 g/mol. The van der Waals surface area contributed by atoms with Crippen LogP contribution in [0.3, 0.4) is 0 Å². The first-order chi connectivity index (χ1) is 10.0. The number of carbonyl (C=O) groups is 1. The number of ether oxygens (including phenoxy) is 1. The quantitative estimate of drug-likeness (QED) is 0.759. The third-order valence-electron chi connectivity index (χ3n) is 2.44. The van der Waals surface area contributed by atoms with Crippen LogP contribution in [0.1, 0.15) is 5.89 Å². The van der Waals surface area contributed by atoms with Crippen molar-refractivity contribution in [2.24, 2.45) is 0 Å². The van der Waals surface area contributed by atoms with Crippen LogP contribution in [0.25, 0.3) is 0 Å². The van der Waals surface area contributed by atoms with Crippen LogP contribution >= 0.6 is 23.4 Å². The molecular weight excluding hydrogens is 314 g/mol. The Hall–Kier alpha value is -1.73. The third kappa shape index (κ3) is 4.95. The van der Waals surface area contributed by atoms with E-state index in [0.29, 0.717) is 21.9 Å². The van der Waals surface area contributed by atoms with Gasteiger partial charge in [-0.1, -0.05) is 23.4 Å². The lowest BCUT2D eigenvalue weighted by Gasteiger charge is -2.07. The highest BCUT2D eigenvalue weighted by Crippen LogP contribution is 2.19. The van der Waals surface area contributed by atoms with Crippen LogP contribution in [0.2, 0.25) is 5.02 Å². The topological polar surface area (TPSA) is 68.5 Å². The Bertz CT molecular complexity index is 601. The molecule has 0 saturated heterocycles. The van der Waals surface area contributed by atoms with Crippen molar-refractivity contribution in [1.29, 1.82) is 0 Å². The van der Waals surface area contributed by atoms with Gasteiger partial charge in [-0.15, -0.1) is 10.2 Å². The number of nitrogens with zero attached hydrogens (tertiary/aromatic N) is 3. The maximum atomic E-state index is 11.4. The Kier molecular flexibility index (Phi) is 5.46. The van der Waals surface area contributed by atoms with Crippen LogP contribution < -0.4 is 4.74 Å². The van der Waals surface area contributed by atoms with Gasteiger partial charge >= 0.3 is 0 Å². The number of halogens is 1. The molecule has 0 radical (unpaired) electrons. The summed E-state index contributed by atoms with van der Waals surface area (Å²) < 4.78 is 10.9. The lowest BCUT2D eigenvalue weighted by molar-refractivity contribution is -0.125. The second-order valence-electron chi connectivity index (χ2n) is 4.28. The van der Waals surface area contributed by atoms with Crippen molar-refractivity contribution < 1.29 is 13.9 Å². The molecule has 0 bridgehead atoms. The van der Waals surface area contributed by atoms with Crippen LogP contribution in [0.4, 0.5) is 0 Å². The first kappa shape index (κ1) is 15.7. The molecule has 0 N–H and O–H groups in total. The van der Waals surface area contributed by atoms with E-state index >= 15 is 0 Å². The van der Waals surface area contributed by atoms with Crippen LogP contribution in [0.15, 0.2) is 33.9 Å². The number of carbonyl (C=O) groups excluding carboxylic acids is 1. The fourth-order valence-electron chi connectivity index (χ4n) is 1.28. The number of amides is 1. The summed E-state index contributed by atoms with van der Waals surface area (Å²) in [6.07, 6.45) is 0. The molecule has 0 saturated carbocycles. The zero-order valence-electron chi connectivity index (χ0n) is 11.6. The average Bonchev–Trinajstić information content (AvgIpc) is 2.92. The summed E-state index contributed by atoms with van der Waals surface area (Å²) in [6, 6.07) is 6.98. The minimum Gasteiger partial charge on any atom is -0.484 e. The fourth-order valence-corrected chi connectivity index (χ4v) is 2.17. The van der Waals surface area contributed by atoms with Gasteiger partial charge < -0.3 is 14.1 Å². The minimum absolute atomic E-state index is 0.0165. The molecule has 112 valence electrons. The smallest absolute Gasteiger partial charge is 0.277 e. The molecule has 0 aliphatic carbocycles. The molecule has 1 aromatic heterocycles. The summed E-state index contributed by atoms with van der Waals surface area (Å²) in [5.74, 6) is 1.25. The average molecular weight is 328 g/mol. The van der Waals surface area contributed by atoms with Crippen molar-refractivity contribution in [3.05, 3.63) is 35.2 Å². The van der Waals surface area contributed by atoms with Gasteiger partial charge in [-0.3, -0.25) is 4.79 Å². The molecule has 1 heterocycles. The van der Waals surface area contributed by atoms with Crippen molar-refractivity contribution in [2.75, 3.05) is 19.8 Å². The normalized spacial score (nSPS) is 10.4.